The van der Waals surface area contributed by atoms with Crippen LogP contribution in [0.5, 0.6) is 0 Å². The quantitative estimate of drug-likeness (QED) is 0.815. The van der Waals surface area contributed by atoms with E-state index in [4.69, 9.17) is 0 Å². The zero-order chi connectivity index (χ0) is 13.5. The van der Waals surface area contributed by atoms with E-state index in [-0.39, 0.29) is 0 Å². The third-order valence-corrected chi connectivity index (χ3v) is 4.36. The molecule has 0 atom stereocenters. The van der Waals surface area contributed by atoms with Crippen LogP contribution in [0.1, 0.15) is 56.6 Å². The van der Waals surface area contributed by atoms with Crippen molar-refractivity contribution in [2.75, 3.05) is 0 Å². The highest BCUT2D eigenvalue weighted by Gasteiger charge is 2.52. The summed E-state index contributed by atoms with van der Waals surface area (Å²) in [6, 6.07) is 8.40. The molecule has 0 heterocycles. The molecule has 2 saturated carbocycles. The van der Waals surface area contributed by atoms with Crippen molar-refractivity contribution in [1.82, 2.24) is 0 Å². The minimum atomic E-state index is -0.701. The van der Waals surface area contributed by atoms with Gasteiger partial charge in [-0.25, -0.2) is 0 Å². The van der Waals surface area contributed by atoms with Crippen LogP contribution in [-0.4, -0.2) is 10.7 Å². The van der Waals surface area contributed by atoms with Gasteiger partial charge in [0, 0.05) is 5.56 Å². The number of aliphatic hydroxyl groups is 1. The first-order valence-corrected chi connectivity index (χ1v) is 7.45. The monoisotopic (exact) mass is 254 g/mol. The van der Waals surface area contributed by atoms with Crippen LogP contribution in [0.15, 0.2) is 24.3 Å². The van der Waals surface area contributed by atoms with Crippen LogP contribution < -0.4 is 0 Å². The summed E-state index contributed by atoms with van der Waals surface area (Å²) < 4.78 is 0. The number of benzene rings is 1. The molecule has 1 aromatic carbocycles. The Bertz CT molecular complexity index is 512. The van der Waals surface area contributed by atoms with Crippen molar-refractivity contribution < 1.29 is 5.11 Å². The molecule has 0 spiro atoms. The number of hydrogen-bond donors (Lipinski definition) is 1. The summed E-state index contributed by atoms with van der Waals surface area (Å²) >= 11 is 0. The smallest absolute Gasteiger partial charge is 0.131 e. The molecule has 19 heavy (non-hydrogen) atoms. The van der Waals surface area contributed by atoms with Gasteiger partial charge in [-0.3, -0.25) is 0 Å². The van der Waals surface area contributed by atoms with Crippen LogP contribution in [0.3, 0.4) is 0 Å². The fourth-order valence-electron chi connectivity index (χ4n) is 2.73. The first kappa shape index (κ1) is 12.8. The lowest BCUT2D eigenvalue weighted by molar-refractivity contribution is 0.0547. The Kier molecular flexibility index (Phi) is 3.15. The van der Waals surface area contributed by atoms with E-state index in [1.54, 1.807) is 0 Å². The SMILES string of the molecule is CC(C)c1cccc(C#CC(O)(C2CC2)C2CC2)c1. The molecule has 0 bridgehead atoms. The maximum Gasteiger partial charge on any atom is 0.131 e. The number of hydrogen-bond acceptors (Lipinski definition) is 1. The van der Waals surface area contributed by atoms with Gasteiger partial charge < -0.3 is 5.11 Å². The Labute approximate surface area is 116 Å². The second-order valence-electron chi connectivity index (χ2n) is 6.40. The topological polar surface area (TPSA) is 20.2 Å². The zero-order valence-electron chi connectivity index (χ0n) is 11.8. The van der Waals surface area contributed by atoms with Gasteiger partial charge in [0.25, 0.3) is 0 Å². The Balaban J connectivity index is 1.84. The molecule has 100 valence electrons. The van der Waals surface area contributed by atoms with Gasteiger partial charge in [0.05, 0.1) is 0 Å². The molecule has 2 fully saturated rings. The van der Waals surface area contributed by atoms with Gasteiger partial charge in [-0.2, -0.15) is 0 Å². The van der Waals surface area contributed by atoms with Crippen LogP contribution in [-0.2, 0) is 0 Å². The summed E-state index contributed by atoms with van der Waals surface area (Å²) in [6.07, 6.45) is 4.59. The fourth-order valence-corrected chi connectivity index (χ4v) is 2.73. The molecule has 2 aliphatic rings. The Morgan fingerprint density at radius 1 is 1.16 bits per heavy atom. The van der Waals surface area contributed by atoms with Gasteiger partial charge in [-0.1, -0.05) is 37.8 Å². The third-order valence-electron chi connectivity index (χ3n) is 4.36. The zero-order valence-corrected chi connectivity index (χ0v) is 11.8. The van der Waals surface area contributed by atoms with E-state index in [0.29, 0.717) is 17.8 Å². The molecule has 0 aromatic heterocycles. The van der Waals surface area contributed by atoms with E-state index in [1.807, 2.05) is 6.07 Å². The molecule has 0 saturated heterocycles. The molecule has 0 radical (unpaired) electrons. The normalized spacial score (nSPS) is 19.2. The van der Waals surface area contributed by atoms with E-state index in [1.165, 1.54) is 5.56 Å². The van der Waals surface area contributed by atoms with Crippen molar-refractivity contribution in [3.05, 3.63) is 35.4 Å². The molecule has 1 heteroatoms. The third kappa shape index (κ3) is 2.69. The van der Waals surface area contributed by atoms with E-state index in [2.05, 4.69) is 43.9 Å². The molecule has 1 aromatic rings. The van der Waals surface area contributed by atoms with Gasteiger partial charge in [0.2, 0.25) is 0 Å². The van der Waals surface area contributed by atoms with Gasteiger partial charge in [0.15, 0.2) is 0 Å². The Morgan fingerprint density at radius 2 is 1.79 bits per heavy atom. The van der Waals surface area contributed by atoms with Crippen molar-refractivity contribution in [2.45, 2.75) is 51.0 Å². The lowest BCUT2D eigenvalue weighted by Crippen LogP contribution is -2.32. The predicted molar refractivity (Wildman–Crippen MR) is 77.8 cm³/mol. The molecule has 2 aliphatic carbocycles. The van der Waals surface area contributed by atoms with Crippen LogP contribution in [0.2, 0.25) is 0 Å². The lowest BCUT2D eigenvalue weighted by Gasteiger charge is -2.21. The van der Waals surface area contributed by atoms with Gasteiger partial charge >= 0.3 is 0 Å². The van der Waals surface area contributed by atoms with E-state index in [0.717, 1.165) is 31.2 Å². The average Bonchev–Trinajstić information content (AvgIpc) is 3.28. The molecule has 0 unspecified atom stereocenters. The van der Waals surface area contributed by atoms with Gasteiger partial charge in [0.1, 0.15) is 5.60 Å². The standard InChI is InChI=1S/C18H22O/c1-13(2)15-5-3-4-14(12-15)10-11-18(19,16-6-7-16)17-8-9-17/h3-5,12-13,16-17,19H,6-9H2,1-2H3. The van der Waals surface area contributed by atoms with Crippen LogP contribution in [0.4, 0.5) is 0 Å². The first-order valence-electron chi connectivity index (χ1n) is 7.45. The summed E-state index contributed by atoms with van der Waals surface area (Å²) in [4.78, 5) is 0. The van der Waals surface area contributed by atoms with Crippen LogP contribution in [0, 0.1) is 23.7 Å². The summed E-state index contributed by atoms with van der Waals surface area (Å²) in [7, 11) is 0. The van der Waals surface area contributed by atoms with E-state index in [9.17, 15) is 5.11 Å². The second kappa shape index (κ2) is 4.69. The number of rotatable bonds is 3. The van der Waals surface area contributed by atoms with Crippen molar-refractivity contribution >= 4 is 0 Å². The highest BCUT2D eigenvalue weighted by Crippen LogP contribution is 2.51. The largest absolute Gasteiger partial charge is 0.377 e. The summed E-state index contributed by atoms with van der Waals surface area (Å²) in [6.45, 7) is 4.38. The molecule has 0 aliphatic heterocycles. The molecule has 1 N–H and O–H groups in total. The maximum absolute atomic E-state index is 10.8. The molecule has 0 amide bonds. The van der Waals surface area contributed by atoms with Crippen LogP contribution >= 0.6 is 0 Å². The van der Waals surface area contributed by atoms with Crippen molar-refractivity contribution in [2.24, 2.45) is 11.8 Å². The van der Waals surface area contributed by atoms with Gasteiger partial charge in [-0.05, 0) is 61.1 Å². The average molecular weight is 254 g/mol. The highest BCUT2D eigenvalue weighted by molar-refractivity contribution is 5.40. The van der Waals surface area contributed by atoms with Gasteiger partial charge in [-0.15, -0.1) is 0 Å². The molecule has 1 nitrogen and oxygen atoms in total. The van der Waals surface area contributed by atoms with Crippen molar-refractivity contribution in [3.63, 3.8) is 0 Å². The summed E-state index contributed by atoms with van der Waals surface area (Å²) in [5, 5.41) is 10.8. The maximum atomic E-state index is 10.8. The summed E-state index contributed by atoms with van der Waals surface area (Å²) in [5.74, 6) is 7.81. The Hall–Kier alpha value is -1.26. The Morgan fingerprint density at radius 3 is 2.32 bits per heavy atom. The lowest BCUT2D eigenvalue weighted by atomic mass is 9.92. The molecule has 3 rings (SSSR count). The second-order valence-corrected chi connectivity index (χ2v) is 6.40. The van der Waals surface area contributed by atoms with E-state index >= 15 is 0 Å². The highest BCUT2D eigenvalue weighted by atomic mass is 16.3. The van der Waals surface area contributed by atoms with Crippen LogP contribution in [0.25, 0.3) is 0 Å². The minimum absolute atomic E-state index is 0.431. The van der Waals surface area contributed by atoms with Crippen molar-refractivity contribution in [3.8, 4) is 11.8 Å². The minimum Gasteiger partial charge on any atom is -0.377 e. The first-order chi connectivity index (χ1) is 9.09. The summed E-state index contributed by atoms with van der Waals surface area (Å²) in [5.41, 5.74) is 1.65. The fraction of sp³-hybridized carbons (Fsp3) is 0.556. The predicted octanol–water partition coefficient (Wildman–Crippen LogP) is 3.71. The van der Waals surface area contributed by atoms with E-state index < -0.39 is 5.60 Å². The molecular formula is C18H22O. The molecular weight excluding hydrogens is 232 g/mol. The van der Waals surface area contributed by atoms with Crippen molar-refractivity contribution in [1.29, 1.82) is 0 Å².